The van der Waals surface area contributed by atoms with Crippen molar-refractivity contribution in [3.63, 3.8) is 0 Å². The Bertz CT molecular complexity index is 2870. The molecule has 2 heteroatoms. The number of rotatable bonds is 6. The minimum absolute atomic E-state index is 0.874. The maximum absolute atomic E-state index is 6.83. The first-order valence-corrected chi connectivity index (χ1v) is 17.8. The normalized spacial score (nSPS) is 11.5. The van der Waals surface area contributed by atoms with E-state index in [1.807, 2.05) is 0 Å². The molecular formula is C50H33NO. The average molecular weight is 664 g/mol. The van der Waals surface area contributed by atoms with Crippen molar-refractivity contribution in [1.29, 1.82) is 0 Å². The van der Waals surface area contributed by atoms with Gasteiger partial charge in [0, 0.05) is 22.0 Å². The third-order valence-electron chi connectivity index (χ3n) is 10.3. The van der Waals surface area contributed by atoms with Gasteiger partial charge in [0.2, 0.25) is 0 Å². The van der Waals surface area contributed by atoms with Gasteiger partial charge in [0.15, 0.2) is 0 Å². The molecule has 0 fully saturated rings. The van der Waals surface area contributed by atoms with Crippen LogP contribution in [-0.4, -0.2) is 0 Å². The molecule has 0 aliphatic carbocycles. The Morgan fingerprint density at radius 1 is 0.327 bits per heavy atom. The van der Waals surface area contributed by atoms with Crippen LogP contribution < -0.4 is 4.90 Å². The number of fused-ring (bicyclic) bond motifs is 5. The molecule has 0 amide bonds. The van der Waals surface area contributed by atoms with Crippen molar-refractivity contribution < 1.29 is 4.42 Å². The van der Waals surface area contributed by atoms with E-state index in [-0.39, 0.29) is 0 Å². The third-order valence-corrected chi connectivity index (χ3v) is 10.3. The fraction of sp³-hybridized carbons (Fsp3) is 0. The van der Waals surface area contributed by atoms with Gasteiger partial charge in [-0.3, -0.25) is 0 Å². The van der Waals surface area contributed by atoms with Crippen LogP contribution in [0.1, 0.15) is 0 Å². The smallest absolute Gasteiger partial charge is 0.145 e. The number of hydrogen-bond acceptors (Lipinski definition) is 2. The highest BCUT2D eigenvalue weighted by Crippen LogP contribution is 2.48. The molecule has 10 aromatic rings. The van der Waals surface area contributed by atoms with Gasteiger partial charge in [-0.25, -0.2) is 0 Å². The van der Waals surface area contributed by atoms with Gasteiger partial charge in [0.05, 0.1) is 16.8 Å². The van der Waals surface area contributed by atoms with Crippen LogP contribution in [0.2, 0.25) is 0 Å². The first-order valence-electron chi connectivity index (χ1n) is 17.8. The van der Waals surface area contributed by atoms with Crippen LogP contribution in [0.15, 0.2) is 205 Å². The second-order valence-corrected chi connectivity index (χ2v) is 13.3. The van der Waals surface area contributed by atoms with Crippen LogP contribution in [0.4, 0.5) is 17.1 Å². The molecule has 0 saturated carbocycles. The summed E-state index contributed by atoms with van der Waals surface area (Å²) in [6, 6.07) is 71.6. The van der Waals surface area contributed by atoms with Crippen LogP contribution >= 0.6 is 0 Å². The predicted octanol–water partition coefficient (Wildman–Crippen LogP) is 14.4. The Morgan fingerprint density at radius 3 is 1.60 bits per heavy atom. The lowest BCUT2D eigenvalue weighted by atomic mass is 9.95. The maximum Gasteiger partial charge on any atom is 0.145 e. The van der Waals surface area contributed by atoms with Crippen molar-refractivity contribution >= 4 is 60.5 Å². The van der Waals surface area contributed by atoms with Crippen LogP contribution in [0.25, 0.3) is 76.9 Å². The summed E-state index contributed by atoms with van der Waals surface area (Å²) in [5.74, 6) is 0. The standard InChI is InChI=1S/C50H33NO/c1-2-12-34(13-3-1)35-24-26-36(27-25-35)37-28-30-40(31-29-37)51(46-22-11-17-39-15-5-7-19-42(39)46)47-33-32-44(43-21-10-16-38-14-4-6-18-41(38)43)50-49(47)45-20-8-9-23-48(45)52-50/h1-33H. The van der Waals surface area contributed by atoms with Crippen LogP contribution in [0, 0.1) is 0 Å². The number of nitrogens with zero attached hydrogens (tertiary/aromatic N) is 1. The number of para-hydroxylation sites is 1. The zero-order valence-corrected chi connectivity index (χ0v) is 28.4. The largest absolute Gasteiger partial charge is 0.455 e. The summed E-state index contributed by atoms with van der Waals surface area (Å²) in [5, 5.41) is 6.98. The topological polar surface area (TPSA) is 16.4 Å². The van der Waals surface area contributed by atoms with Gasteiger partial charge in [-0.05, 0) is 80.4 Å². The molecule has 244 valence electrons. The van der Waals surface area contributed by atoms with Crippen LogP contribution in [-0.2, 0) is 0 Å². The molecule has 0 atom stereocenters. The molecule has 0 saturated heterocycles. The van der Waals surface area contributed by atoms with Gasteiger partial charge >= 0.3 is 0 Å². The second-order valence-electron chi connectivity index (χ2n) is 13.3. The van der Waals surface area contributed by atoms with Crippen molar-refractivity contribution in [3.8, 4) is 33.4 Å². The fourth-order valence-electron chi connectivity index (χ4n) is 7.77. The average Bonchev–Trinajstić information content (AvgIpc) is 3.62. The van der Waals surface area contributed by atoms with E-state index in [2.05, 4.69) is 205 Å². The summed E-state index contributed by atoms with van der Waals surface area (Å²) in [6.45, 7) is 0. The van der Waals surface area contributed by atoms with Crippen molar-refractivity contribution in [1.82, 2.24) is 0 Å². The van der Waals surface area contributed by atoms with Gasteiger partial charge in [-0.2, -0.15) is 0 Å². The molecule has 0 aliphatic heterocycles. The lowest BCUT2D eigenvalue weighted by Gasteiger charge is -2.28. The molecule has 0 spiro atoms. The number of hydrogen-bond donors (Lipinski definition) is 0. The highest BCUT2D eigenvalue weighted by molar-refractivity contribution is 6.19. The lowest BCUT2D eigenvalue weighted by Crippen LogP contribution is -2.11. The van der Waals surface area contributed by atoms with Crippen molar-refractivity contribution in [3.05, 3.63) is 200 Å². The minimum atomic E-state index is 0.874. The molecule has 1 heterocycles. The zero-order valence-electron chi connectivity index (χ0n) is 28.4. The Morgan fingerprint density at radius 2 is 0.865 bits per heavy atom. The monoisotopic (exact) mass is 663 g/mol. The number of furan rings is 1. The van der Waals surface area contributed by atoms with E-state index in [1.165, 1.54) is 43.8 Å². The van der Waals surface area contributed by atoms with E-state index in [0.717, 1.165) is 50.1 Å². The molecule has 10 rings (SSSR count). The van der Waals surface area contributed by atoms with Crippen molar-refractivity contribution in [2.24, 2.45) is 0 Å². The summed E-state index contributed by atoms with van der Waals surface area (Å²) in [4.78, 5) is 2.40. The quantitative estimate of drug-likeness (QED) is 0.176. The molecule has 0 N–H and O–H groups in total. The van der Waals surface area contributed by atoms with Gasteiger partial charge in [0.25, 0.3) is 0 Å². The Kier molecular flexibility index (Phi) is 7.18. The van der Waals surface area contributed by atoms with Crippen LogP contribution in [0.5, 0.6) is 0 Å². The van der Waals surface area contributed by atoms with Gasteiger partial charge < -0.3 is 9.32 Å². The first kappa shape index (κ1) is 30.0. The third kappa shape index (κ3) is 5.04. The lowest BCUT2D eigenvalue weighted by molar-refractivity contribution is 0.670. The molecule has 0 bridgehead atoms. The van der Waals surface area contributed by atoms with Gasteiger partial charge in [-0.15, -0.1) is 0 Å². The maximum atomic E-state index is 6.83. The summed E-state index contributed by atoms with van der Waals surface area (Å²) >= 11 is 0. The zero-order chi connectivity index (χ0) is 34.4. The Labute approximate surface area is 302 Å². The molecule has 0 aliphatic rings. The molecular weight excluding hydrogens is 631 g/mol. The Balaban J connectivity index is 1.18. The highest BCUT2D eigenvalue weighted by atomic mass is 16.3. The number of anilines is 3. The molecule has 0 radical (unpaired) electrons. The second kappa shape index (κ2) is 12.5. The van der Waals surface area contributed by atoms with E-state index in [4.69, 9.17) is 4.42 Å². The van der Waals surface area contributed by atoms with Crippen molar-refractivity contribution in [2.45, 2.75) is 0 Å². The molecule has 1 aromatic heterocycles. The van der Waals surface area contributed by atoms with E-state index in [1.54, 1.807) is 0 Å². The molecule has 2 nitrogen and oxygen atoms in total. The van der Waals surface area contributed by atoms with E-state index in [9.17, 15) is 0 Å². The summed E-state index contributed by atoms with van der Waals surface area (Å²) in [5.41, 5.74) is 12.1. The van der Waals surface area contributed by atoms with E-state index >= 15 is 0 Å². The predicted molar refractivity (Wildman–Crippen MR) is 220 cm³/mol. The molecule has 52 heavy (non-hydrogen) atoms. The summed E-state index contributed by atoms with van der Waals surface area (Å²) < 4.78 is 6.83. The molecule has 0 unspecified atom stereocenters. The first-order chi connectivity index (χ1) is 25.8. The number of benzene rings is 9. The summed E-state index contributed by atoms with van der Waals surface area (Å²) in [7, 11) is 0. The molecule has 9 aromatic carbocycles. The fourth-order valence-corrected chi connectivity index (χ4v) is 7.77. The van der Waals surface area contributed by atoms with Gasteiger partial charge in [0.1, 0.15) is 11.2 Å². The van der Waals surface area contributed by atoms with Gasteiger partial charge in [-0.1, -0.05) is 164 Å². The van der Waals surface area contributed by atoms with Crippen molar-refractivity contribution in [2.75, 3.05) is 4.90 Å². The van der Waals surface area contributed by atoms with E-state index < -0.39 is 0 Å². The van der Waals surface area contributed by atoms with E-state index in [0.29, 0.717) is 0 Å². The SMILES string of the molecule is c1ccc(-c2ccc(-c3ccc(N(c4cccc5ccccc45)c4ccc(-c5cccc6ccccc56)c5oc6ccccc6c45)cc3)cc2)cc1. The minimum Gasteiger partial charge on any atom is -0.455 e. The van der Waals surface area contributed by atoms with Crippen LogP contribution in [0.3, 0.4) is 0 Å². The highest BCUT2D eigenvalue weighted by Gasteiger charge is 2.23. The Hall–Kier alpha value is -6.90. The summed E-state index contributed by atoms with van der Waals surface area (Å²) in [6.07, 6.45) is 0.